The Morgan fingerprint density at radius 1 is 0.951 bits per heavy atom. The molecule has 218 valence electrons. The number of carbonyl (C=O) groups excluding carboxylic acids is 3. The van der Waals surface area contributed by atoms with Gasteiger partial charge >= 0.3 is 5.97 Å². The van der Waals surface area contributed by atoms with Gasteiger partial charge in [0.2, 0.25) is 17.7 Å². The number of nitrogens with one attached hydrogen (secondary N) is 5. The number of benzene rings is 2. The Kier molecular flexibility index (Phi) is 9.58. The summed E-state index contributed by atoms with van der Waals surface area (Å²) < 4.78 is 0. The fourth-order valence-corrected chi connectivity index (χ4v) is 4.90. The van der Waals surface area contributed by atoms with Gasteiger partial charge in [-0.2, -0.15) is 0 Å². The molecule has 0 radical (unpaired) electrons. The molecule has 1 aliphatic heterocycles. The molecule has 5 atom stereocenters. The first-order chi connectivity index (χ1) is 19.6. The zero-order valence-corrected chi connectivity index (χ0v) is 22.6. The van der Waals surface area contributed by atoms with Gasteiger partial charge in [0.15, 0.2) is 0 Å². The second-order valence-corrected chi connectivity index (χ2v) is 10.3. The van der Waals surface area contributed by atoms with E-state index in [1.54, 1.807) is 18.3 Å². The number of carbonyl (C=O) groups is 4. The molecule has 12 heteroatoms. The Balaban J connectivity index is 1.48. The monoisotopic (exact) mass is 565 g/mol. The minimum Gasteiger partial charge on any atom is -0.508 e. The number of aliphatic carboxylic acids is 1. The van der Waals surface area contributed by atoms with Gasteiger partial charge in [-0.15, -0.1) is 0 Å². The number of para-hydroxylation sites is 1. The van der Waals surface area contributed by atoms with Crippen LogP contribution in [0.3, 0.4) is 0 Å². The van der Waals surface area contributed by atoms with Crippen LogP contribution in [0.1, 0.15) is 30.9 Å². The minimum absolute atomic E-state index is 0.0283. The van der Waals surface area contributed by atoms with Crippen molar-refractivity contribution >= 4 is 34.6 Å². The van der Waals surface area contributed by atoms with Crippen molar-refractivity contribution in [3.63, 3.8) is 0 Å². The van der Waals surface area contributed by atoms with Crippen LogP contribution in [0.25, 0.3) is 10.9 Å². The van der Waals surface area contributed by atoms with Crippen molar-refractivity contribution in [1.82, 2.24) is 26.3 Å². The largest absolute Gasteiger partial charge is 0.508 e. The number of aromatic amines is 1. The highest BCUT2D eigenvalue weighted by Crippen LogP contribution is 2.19. The summed E-state index contributed by atoms with van der Waals surface area (Å²) >= 11 is 0. The number of phenolic OH excluding ortho intramolecular Hbond substituents is 1. The van der Waals surface area contributed by atoms with Crippen molar-refractivity contribution in [3.05, 3.63) is 65.9 Å². The summed E-state index contributed by atoms with van der Waals surface area (Å²) in [6.45, 7) is 1.98. The molecule has 3 aromatic rings. The van der Waals surface area contributed by atoms with Gasteiger partial charge in [0.25, 0.3) is 0 Å². The van der Waals surface area contributed by atoms with Crippen molar-refractivity contribution in [2.24, 2.45) is 0 Å². The Labute approximate surface area is 236 Å². The summed E-state index contributed by atoms with van der Waals surface area (Å²) in [7, 11) is 0. The van der Waals surface area contributed by atoms with E-state index in [1.807, 2.05) is 24.3 Å². The third kappa shape index (κ3) is 7.62. The van der Waals surface area contributed by atoms with Gasteiger partial charge in [-0.25, -0.2) is 4.79 Å². The highest BCUT2D eigenvalue weighted by Gasteiger charge is 2.34. The first-order valence-electron chi connectivity index (χ1n) is 13.5. The quantitative estimate of drug-likeness (QED) is 0.154. The summed E-state index contributed by atoms with van der Waals surface area (Å²) in [6.07, 6.45) is 1.77. The van der Waals surface area contributed by atoms with Crippen molar-refractivity contribution in [1.29, 1.82) is 0 Å². The standard InChI is InChI=1S/C29H35N5O7/c1-16(35)25(28(39)33-24(29(40)41)14-18-15-31-21-6-3-2-5-20(18)21)34-27(38)23(13-17-8-10-19(36)11-9-17)32-26(37)22-7-4-12-30-22/h2-3,5-6,8-11,15-16,22-25,30-31,35-36H,4,7,12-14H2,1H3,(H,32,37)(H,33,39)(H,34,38)(H,40,41). The third-order valence-corrected chi connectivity index (χ3v) is 7.16. The third-order valence-electron chi connectivity index (χ3n) is 7.16. The van der Waals surface area contributed by atoms with E-state index >= 15 is 0 Å². The van der Waals surface area contributed by atoms with E-state index in [0.717, 1.165) is 17.3 Å². The molecule has 12 nitrogen and oxygen atoms in total. The average molecular weight is 566 g/mol. The molecule has 2 aromatic carbocycles. The van der Waals surface area contributed by atoms with Crippen LogP contribution in [0.15, 0.2) is 54.7 Å². The molecule has 0 bridgehead atoms. The predicted molar refractivity (Wildman–Crippen MR) is 150 cm³/mol. The van der Waals surface area contributed by atoms with E-state index in [0.29, 0.717) is 24.1 Å². The number of carboxylic acid groups (broad SMARTS) is 1. The molecule has 41 heavy (non-hydrogen) atoms. The molecule has 1 saturated heterocycles. The van der Waals surface area contributed by atoms with Crippen molar-refractivity contribution in [2.45, 2.75) is 62.9 Å². The van der Waals surface area contributed by atoms with E-state index in [9.17, 15) is 34.5 Å². The second-order valence-electron chi connectivity index (χ2n) is 10.3. The molecular weight excluding hydrogens is 530 g/mol. The Hall–Kier alpha value is -4.42. The van der Waals surface area contributed by atoms with E-state index in [2.05, 4.69) is 26.3 Å². The van der Waals surface area contributed by atoms with Crippen LogP contribution in [0.2, 0.25) is 0 Å². The zero-order chi connectivity index (χ0) is 29.5. The Bertz CT molecular complexity index is 1380. The number of aromatic hydroxyl groups is 1. The minimum atomic E-state index is -1.49. The molecule has 0 spiro atoms. The van der Waals surface area contributed by atoms with E-state index < -0.39 is 48.1 Å². The highest BCUT2D eigenvalue weighted by molar-refractivity contribution is 5.95. The van der Waals surface area contributed by atoms with Gasteiger partial charge in [0, 0.05) is 29.9 Å². The molecule has 0 aliphatic carbocycles. The molecule has 8 N–H and O–H groups in total. The maximum Gasteiger partial charge on any atom is 0.326 e. The first-order valence-corrected chi connectivity index (χ1v) is 13.5. The number of rotatable bonds is 12. The summed E-state index contributed by atoms with van der Waals surface area (Å²) in [5, 5.41) is 41.3. The van der Waals surface area contributed by atoms with Crippen LogP contribution in [0.4, 0.5) is 0 Å². The SMILES string of the molecule is CC(O)C(NC(=O)C(Cc1ccc(O)cc1)NC(=O)C1CCCN1)C(=O)NC(Cc1c[nH]c2ccccc12)C(=O)O. The van der Waals surface area contributed by atoms with Gasteiger partial charge in [-0.3, -0.25) is 14.4 Å². The van der Waals surface area contributed by atoms with Gasteiger partial charge < -0.3 is 41.6 Å². The molecule has 4 rings (SSSR count). The maximum atomic E-state index is 13.4. The number of H-pyrrole nitrogens is 1. The Morgan fingerprint density at radius 3 is 2.34 bits per heavy atom. The number of phenols is 1. The number of hydrogen-bond donors (Lipinski definition) is 8. The summed E-state index contributed by atoms with van der Waals surface area (Å²) in [5.74, 6) is -3.22. The highest BCUT2D eigenvalue weighted by atomic mass is 16.4. The summed E-state index contributed by atoms with van der Waals surface area (Å²) in [4.78, 5) is 54.5. The lowest BCUT2D eigenvalue weighted by Gasteiger charge is -2.26. The van der Waals surface area contributed by atoms with E-state index in [1.165, 1.54) is 19.1 Å². The zero-order valence-electron chi connectivity index (χ0n) is 22.6. The molecule has 5 unspecified atom stereocenters. The Morgan fingerprint density at radius 2 is 1.68 bits per heavy atom. The fourth-order valence-electron chi connectivity index (χ4n) is 4.90. The van der Waals surface area contributed by atoms with Crippen molar-refractivity contribution in [3.8, 4) is 5.75 Å². The molecule has 1 aliphatic rings. The van der Waals surface area contributed by atoms with Crippen LogP contribution in [0, 0.1) is 0 Å². The molecule has 2 heterocycles. The van der Waals surface area contributed by atoms with Gasteiger partial charge in [0.1, 0.15) is 23.9 Å². The van der Waals surface area contributed by atoms with Crippen molar-refractivity contribution < 1.29 is 34.5 Å². The van der Waals surface area contributed by atoms with E-state index in [4.69, 9.17) is 0 Å². The number of aliphatic hydroxyl groups excluding tert-OH is 1. The predicted octanol–water partition coefficient (Wildman–Crippen LogP) is 0.331. The lowest BCUT2D eigenvalue weighted by molar-refractivity contribution is -0.143. The lowest BCUT2D eigenvalue weighted by Crippen LogP contribution is -2.60. The average Bonchev–Trinajstić information content (AvgIpc) is 3.62. The van der Waals surface area contributed by atoms with Gasteiger partial charge in [0.05, 0.1) is 12.1 Å². The number of amides is 3. The van der Waals surface area contributed by atoms with Crippen LogP contribution in [-0.2, 0) is 32.0 Å². The molecule has 0 saturated carbocycles. The maximum absolute atomic E-state index is 13.4. The normalized spacial score (nSPS) is 17.8. The van der Waals surface area contributed by atoms with E-state index in [-0.39, 0.29) is 24.5 Å². The molecule has 3 amide bonds. The first kappa shape index (κ1) is 29.6. The number of carboxylic acids is 1. The number of fused-ring (bicyclic) bond motifs is 1. The van der Waals surface area contributed by atoms with Crippen LogP contribution in [0.5, 0.6) is 5.75 Å². The summed E-state index contributed by atoms with van der Waals surface area (Å²) in [6, 6.07) is 9.09. The second kappa shape index (κ2) is 13.3. The molecule has 1 fully saturated rings. The number of aromatic nitrogens is 1. The number of hydrogen-bond acceptors (Lipinski definition) is 7. The van der Waals surface area contributed by atoms with Gasteiger partial charge in [-0.1, -0.05) is 30.3 Å². The van der Waals surface area contributed by atoms with Crippen LogP contribution < -0.4 is 21.3 Å². The van der Waals surface area contributed by atoms with Crippen LogP contribution in [-0.4, -0.2) is 80.8 Å². The van der Waals surface area contributed by atoms with Gasteiger partial charge in [-0.05, 0) is 55.6 Å². The molecule has 1 aromatic heterocycles. The number of aliphatic hydroxyl groups is 1. The lowest BCUT2D eigenvalue weighted by atomic mass is 10.0. The van der Waals surface area contributed by atoms with Crippen LogP contribution >= 0.6 is 0 Å². The van der Waals surface area contributed by atoms with Crippen molar-refractivity contribution in [2.75, 3.05) is 6.54 Å². The fraction of sp³-hybridized carbons (Fsp3) is 0.379. The smallest absolute Gasteiger partial charge is 0.326 e. The molecular formula is C29H35N5O7. The summed E-state index contributed by atoms with van der Waals surface area (Å²) in [5.41, 5.74) is 2.15. The topological polar surface area (TPSA) is 193 Å².